The number of primary amides is 1. The number of piperidine rings is 1. The molecular weight excluding hydrogens is 375 g/mol. The minimum atomic E-state index is -4.58. The van der Waals surface area contributed by atoms with E-state index in [9.17, 15) is 22.8 Å². The Morgan fingerprint density at radius 3 is 2.50 bits per heavy atom. The first-order valence-electron chi connectivity index (χ1n) is 8.94. The Kier molecular flexibility index (Phi) is 4.35. The standard InChI is InChI=1S/C18H18F3N5O2/c19-18(20,21)13-8-23-4-3-12(13)14-7-15(25-24-14)17(28)26-10-1-2-11(26)6-9(5-10)16(22)27/h3-4,7-11H,1-2,5-6H2,(H2,22,27)(H,24,25). The molecule has 2 aromatic heterocycles. The van der Waals surface area contributed by atoms with Crippen molar-refractivity contribution in [3.63, 3.8) is 0 Å². The SMILES string of the molecule is NC(=O)C1CC2CCC(C1)N2C(=O)c1cc(-c2ccncc2C(F)(F)F)n[nH]1. The number of nitrogens with two attached hydrogens (primary N) is 1. The van der Waals surface area contributed by atoms with Crippen molar-refractivity contribution >= 4 is 11.8 Å². The van der Waals surface area contributed by atoms with Crippen LogP contribution in [0.5, 0.6) is 0 Å². The summed E-state index contributed by atoms with van der Waals surface area (Å²) in [6, 6.07) is 2.35. The second-order valence-electron chi connectivity index (χ2n) is 7.25. The van der Waals surface area contributed by atoms with Crippen molar-refractivity contribution in [3.05, 3.63) is 35.8 Å². The van der Waals surface area contributed by atoms with Crippen LogP contribution < -0.4 is 5.73 Å². The van der Waals surface area contributed by atoms with Gasteiger partial charge in [-0.2, -0.15) is 18.3 Å². The van der Waals surface area contributed by atoms with Gasteiger partial charge in [0.25, 0.3) is 5.91 Å². The molecule has 148 valence electrons. The third kappa shape index (κ3) is 3.12. The fourth-order valence-corrected chi connectivity index (χ4v) is 4.29. The van der Waals surface area contributed by atoms with E-state index in [1.54, 1.807) is 4.90 Å². The van der Waals surface area contributed by atoms with E-state index in [0.29, 0.717) is 12.8 Å². The largest absolute Gasteiger partial charge is 0.418 e. The lowest BCUT2D eigenvalue weighted by molar-refractivity contribution is -0.137. The van der Waals surface area contributed by atoms with Crippen molar-refractivity contribution in [1.82, 2.24) is 20.1 Å². The second-order valence-corrected chi connectivity index (χ2v) is 7.25. The lowest BCUT2D eigenvalue weighted by atomic mass is 9.90. The topological polar surface area (TPSA) is 105 Å². The van der Waals surface area contributed by atoms with Crippen molar-refractivity contribution < 1.29 is 22.8 Å². The van der Waals surface area contributed by atoms with Gasteiger partial charge in [-0.05, 0) is 37.8 Å². The van der Waals surface area contributed by atoms with E-state index in [-0.39, 0.29) is 46.8 Å². The first kappa shape index (κ1) is 18.5. The van der Waals surface area contributed by atoms with Crippen LogP contribution in [0.4, 0.5) is 13.2 Å². The third-order valence-corrected chi connectivity index (χ3v) is 5.58. The molecule has 2 unspecified atom stereocenters. The van der Waals surface area contributed by atoms with E-state index >= 15 is 0 Å². The van der Waals surface area contributed by atoms with Crippen molar-refractivity contribution in [2.75, 3.05) is 0 Å². The summed E-state index contributed by atoms with van der Waals surface area (Å²) in [5.74, 6) is -0.924. The number of carbonyl (C=O) groups is 2. The van der Waals surface area contributed by atoms with Gasteiger partial charge in [0, 0.05) is 36.0 Å². The number of nitrogens with one attached hydrogen (secondary N) is 1. The monoisotopic (exact) mass is 393 g/mol. The van der Waals surface area contributed by atoms with Gasteiger partial charge in [-0.25, -0.2) is 0 Å². The zero-order chi connectivity index (χ0) is 20.1. The molecule has 2 amide bonds. The van der Waals surface area contributed by atoms with Crippen LogP contribution in [0.1, 0.15) is 41.7 Å². The molecule has 0 spiro atoms. The first-order chi connectivity index (χ1) is 13.3. The number of amides is 2. The number of aromatic amines is 1. The van der Waals surface area contributed by atoms with Crippen LogP contribution >= 0.6 is 0 Å². The molecule has 28 heavy (non-hydrogen) atoms. The van der Waals surface area contributed by atoms with Gasteiger partial charge < -0.3 is 10.6 Å². The van der Waals surface area contributed by atoms with Crippen molar-refractivity contribution in [2.24, 2.45) is 11.7 Å². The van der Waals surface area contributed by atoms with Crippen LogP contribution in [0.25, 0.3) is 11.3 Å². The summed E-state index contributed by atoms with van der Waals surface area (Å²) in [6.45, 7) is 0. The number of pyridine rings is 1. The summed E-state index contributed by atoms with van der Waals surface area (Å²) in [6.07, 6.45) is -0.00576. The molecule has 2 aliphatic rings. The molecule has 2 bridgehead atoms. The molecule has 2 aliphatic heterocycles. The zero-order valence-corrected chi connectivity index (χ0v) is 14.7. The van der Waals surface area contributed by atoms with Gasteiger partial charge in [-0.3, -0.25) is 19.7 Å². The summed E-state index contributed by atoms with van der Waals surface area (Å²) in [7, 11) is 0. The van der Waals surface area contributed by atoms with E-state index in [1.165, 1.54) is 18.3 Å². The van der Waals surface area contributed by atoms with Crippen molar-refractivity contribution in [1.29, 1.82) is 0 Å². The van der Waals surface area contributed by atoms with Crippen LogP contribution in [0.2, 0.25) is 0 Å². The van der Waals surface area contributed by atoms with Crippen LogP contribution in [0.15, 0.2) is 24.5 Å². The number of hydrogen-bond acceptors (Lipinski definition) is 4. The molecule has 3 N–H and O–H groups in total. The van der Waals surface area contributed by atoms with E-state index in [1.807, 2.05) is 0 Å². The number of H-pyrrole nitrogens is 1. The number of nitrogens with zero attached hydrogens (tertiary/aromatic N) is 3. The minimum Gasteiger partial charge on any atom is -0.369 e. The lowest BCUT2D eigenvalue weighted by Crippen LogP contribution is -2.49. The highest BCUT2D eigenvalue weighted by atomic mass is 19.4. The molecule has 2 atom stereocenters. The fourth-order valence-electron chi connectivity index (χ4n) is 4.29. The number of aromatic nitrogens is 3. The predicted octanol–water partition coefficient (Wildman–Crippen LogP) is 2.36. The van der Waals surface area contributed by atoms with Gasteiger partial charge in [-0.1, -0.05) is 0 Å². The van der Waals surface area contributed by atoms with Crippen molar-refractivity contribution in [2.45, 2.75) is 43.9 Å². The molecule has 7 nitrogen and oxygen atoms in total. The summed E-state index contributed by atoms with van der Waals surface area (Å²) in [4.78, 5) is 29.7. The molecule has 0 radical (unpaired) electrons. The Bertz CT molecular complexity index is 912. The number of rotatable bonds is 3. The minimum absolute atomic E-state index is 0.0254. The third-order valence-electron chi connectivity index (χ3n) is 5.58. The Hall–Kier alpha value is -2.91. The maximum absolute atomic E-state index is 13.2. The Balaban J connectivity index is 1.60. The average molecular weight is 393 g/mol. The van der Waals surface area contributed by atoms with Gasteiger partial charge in [0.15, 0.2) is 0 Å². The highest BCUT2D eigenvalue weighted by Gasteiger charge is 2.45. The molecule has 2 saturated heterocycles. The first-order valence-corrected chi connectivity index (χ1v) is 8.94. The lowest BCUT2D eigenvalue weighted by Gasteiger charge is -2.37. The quantitative estimate of drug-likeness (QED) is 0.835. The summed E-state index contributed by atoms with van der Waals surface area (Å²) >= 11 is 0. The number of alkyl halides is 3. The van der Waals surface area contributed by atoms with Gasteiger partial charge in [0.1, 0.15) is 5.69 Å². The average Bonchev–Trinajstić information content (AvgIpc) is 3.23. The molecular formula is C18H18F3N5O2. The normalized spacial score (nSPS) is 24.4. The van der Waals surface area contributed by atoms with Gasteiger partial charge in [0.2, 0.25) is 5.91 Å². The maximum atomic E-state index is 13.2. The fraction of sp³-hybridized carbons (Fsp3) is 0.444. The molecule has 0 aliphatic carbocycles. The summed E-state index contributed by atoms with van der Waals surface area (Å²) < 4.78 is 39.6. The number of halogens is 3. The number of carbonyl (C=O) groups excluding carboxylic acids is 2. The Morgan fingerprint density at radius 2 is 1.89 bits per heavy atom. The van der Waals surface area contributed by atoms with E-state index in [0.717, 1.165) is 19.0 Å². The summed E-state index contributed by atoms with van der Waals surface area (Å²) in [5, 5.41) is 6.48. The van der Waals surface area contributed by atoms with Gasteiger partial charge in [-0.15, -0.1) is 0 Å². The molecule has 2 aromatic rings. The van der Waals surface area contributed by atoms with Gasteiger partial charge >= 0.3 is 6.18 Å². The molecule has 0 aromatic carbocycles. The van der Waals surface area contributed by atoms with E-state index in [4.69, 9.17) is 5.73 Å². The molecule has 10 heteroatoms. The highest BCUT2D eigenvalue weighted by molar-refractivity contribution is 5.94. The van der Waals surface area contributed by atoms with E-state index in [2.05, 4.69) is 15.2 Å². The Labute approximate surface area is 158 Å². The van der Waals surface area contributed by atoms with Crippen LogP contribution in [-0.2, 0) is 11.0 Å². The number of fused-ring (bicyclic) bond motifs is 2. The maximum Gasteiger partial charge on any atom is 0.418 e. The smallest absolute Gasteiger partial charge is 0.369 e. The van der Waals surface area contributed by atoms with Crippen LogP contribution in [0, 0.1) is 5.92 Å². The van der Waals surface area contributed by atoms with Crippen LogP contribution in [-0.4, -0.2) is 44.0 Å². The van der Waals surface area contributed by atoms with Gasteiger partial charge in [0.05, 0.1) is 11.3 Å². The molecule has 2 fully saturated rings. The van der Waals surface area contributed by atoms with Crippen molar-refractivity contribution in [3.8, 4) is 11.3 Å². The molecule has 0 saturated carbocycles. The van der Waals surface area contributed by atoms with Crippen LogP contribution in [0.3, 0.4) is 0 Å². The molecule has 4 heterocycles. The Morgan fingerprint density at radius 1 is 1.21 bits per heavy atom. The second kappa shape index (κ2) is 6.61. The number of hydrogen-bond donors (Lipinski definition) is 2. The predicted molar refractivity (Wildman–Crippen MR) is 91.7 cm³/mol. The highest BCUT2D eigenvalue weighted by Crippen LogP contribution is 2.40. The zero-order valence-electron chi connectivity index (χ0n) is 14.7. The summed E-state index contributed by atoms with van der Waals surface area (Å²) in [5.41, 5.74) is 4.50. The molecule has 4 rings (SSSR count). The van der Waals surface area contributed by atoms with E-state index < -0.39 is 11.7 Å².